The van der Waals surface area contributed by atoms with Gasteiger partial charge in [0.2, 0.25) is 0 Å². The van der Waals surface area contributed by atoms with Crippen LogP contribution < -0.4 is 15.6 Å². The standard InChI is InChI=1S/C25H19BrN2O3/c26-25-21-11-4-2-7-19(21)12-14-22(25)31-16-24(30)28-27-23(29)15-13-18-9-5-8-17-6-1-3-10-20(17)18/h1-15H,16H2,(H,27,29)(H,28,30). The van der Waals surface area contributed by atoms with Crippen LogP contribution in [0.2, 0.25) is 0 Å². The molecule has 0 saturated heterocycles. The summed E-state index contributed by atoms with van der Waals surface area (Å²) in [6.07, 6.45) is 3.09. The van der Waals surface area contributed by atoms with Crippen LogP contribution in [0.5, 0.6) is 5.75 Å². The van der Waals surface area contributed by atoms with Gasteiger partial charge in [-0.1, -0.05) is 72.8 Å². The summed E-state index contributed by atoms with van der Waals surface area (Å²) in [7, 11) is 0. The SMILES string of the molecule is O=C(C=Cc1cccc2ccccc12)NNC(=O)COc1ccc2ccccc2c1Br. The summed E-state index contributed by atoms with van der Waals surface area (Å²) in [6, 6.07) is 25.4. The van der Waals surface area contributed by atoms with Crippen LogP contribution in [-0.4, -0.2) is 18.4 Å². The lowest BCUT2D eigenvalue weighted by atomic mass is 10.0. The number of halogens is 1. The molecule has 0 aliphatic rings. The molecular weight excluding hydrogens is 456 g/mol. The molecule has 2 N–H and O–H groups in total. The maximum Gasteiger partial charge on any atom is 0.276 e. The van der Waals surface area contributed by atoms with Crippen LogP contribution in [0.1, 0.15) is 5.56 Å². The highest BCUT2D eigenvalue weighted by atomic mass is 79.9. The molecular formula is C25H19BrN2O3. The number of ether oxygens (including phenoxy) is 1. The van der Waals surface area contributed by atoms with E-state index in [1.54, 1.807) is 12.1 Å². The van der Waals surface area contributed by atoms with Crippen molar-refractivity contribution in [2.75, 3.05) is 6.61 Å². The summed E-state index contributed by atoms with van der Waals surface area (Å²) < 4.78 is 6.37. The minimum absolute atomic E-state index is 0.232. The smallest absolute Gasteiger partial charge is 0.276 e. The predicted octanol–water partition coefficient (Wildman–Crippen LogP) is 5.00. The predicted molar refractivity (Wildman–Crippen MR) is 126 cm³/mol. The van der Waals surface area contributed by atoms with Crippen molar-refractivity contribution in [2.24, 2.45) is 0 Å². The van der Waals surface area contributed by atoms with Gasteiger partial charge in [0.1, 0.15) is 5.75 Å². The van der Waals surface area contributed by atoms with Crippen LogP contribution >= 0.6 is 15.9 Å². The number of benzene rings is 4. The van der Waals surface area contributed by atoms with Gasteiger partial charge in [0.05, 0.1) is 4.47 Å². The zero-order chi connectivity index (χ0) is 21.6. The van der Waals surface area contributed by atoms with Gasteiger partial charge in [0.25, 0.3) is 11.8 Å². The number of rotatable bonds is 5. The van der Waals surface area contributed by atoms with Crippen LogP contribution in [0.4, 0.5) is 0 Å². The topological polar surface area (TPSA) is 67.4 Å². The summed E-state index contributed by atoms with van der Waals surface area (Å²) in [4.78, 5) is 24.1. The summed E-state index contributed by atoms with van der Waals surface area (Å²) in [5.74, 6) is -0.351. The lowest BCUT2D eigenvalue weighted by Gasteiger charge is -2.10. The number of hydrogen-bond acceptors (Lipinski definition) is 3. The molecule has 4 rings (SSSR count). The van der Waals surface area contributed by atoms with Gasteiger partial charge in [-0.3, -0.25) is 20.4 Å². The molecule has 6 heteroatoms. The Morgan fingerprint density at radius 2 is 1.48 bits per heavy atom. The molecule has 0 atom stereocenters. The maximum absolute atomic E-state index is 12.1. The first-order valence-electron chi connectivity index (χ1n) is 9.66. The fraction of sp³-hybridized carbons (Fsp3) is 0.0400. The van der Waals surface area contributed by atoms with E-state index < -0.39 is 11.8 Å². The minimum atomic E-state index is -0.466. The highest BCUT2D eigenvalue weighted by Crippen LogP contribution is 2.32. The molecule has 0 bridgehead atoms. The second-order valence-corrected chi connectivity index (χ2v) is 7.62. The molecule has 2 amide bonds. The molecule has 4 aromatic carbocycles. The van der Waals surface area contributed by atoms with E-state index in [-0.39, 0.29) is 6.61 Å². The largest absolute Gasteiger partial charge is 0.483 e. The van der Waals surface area contributed by atoms with Gasteiger partial charge in [-0.2, -0.15) is 0 Å². The fourth-order valence-electron chi connectivity index (χ4n) is 3.24. The first-order valence-corrected chi connectivity index (χ1v) is 10.5. The van der Waals surface area contributed by atoms with Crippen molar-refractivity contribution in [3.8, 4) is 5.75 Å². The van der Waals surface area contributed by atoms with Crippen molar-refractivity contribution in [1.82, 2.24) is 10.9 Å². The van der Waals surface area contributed by atoms with Crippen molar-refractivity contribution >= 4 is 55.4 Å². The van der Waals surface area contributed by atoms with Crippen LogP contribution in [-0.2, 0) is 9.59 Å². The maximum atomic E-state index is 12.1. The van der Waals surface area contributed by atoms with Crippen LogP contribution in [0, 0.1) is 0 Å². The normalized spacial score (nSPS) is 11.0. The molecule has 4 aromatic rings. The lowest BCUT2D eigenvalue weighted by molar-refractivity contribution is -0.128. The van der Waals surface area contributed by atoms with Gasteiger partial charge >= 0.3 is 0 Å². The van der Waals surface area contributed by atoms with E-state index >= 15 is 0 Å². The first kappa shape index (κ1) is 20.6. The van der Waals surface area contributed by atoms with E-state index in [1.807, 2.05) is 72.8 Å². The van der Waals surface area contributed by atoms with Crippen molar-refractivity contribution in [3.05, 3.63) is 95.0 Å². The Balaban J connectivity index is 1.31. The second kappa shape index (κ2) is 9.45. The van der Waals surface area contributed by atoms with E-state index in [0.717, 1.165) is 31.6 Å². The summed E-state index contributed by atoms with van der Waals surface area (Å²) in [6.45, 7) is -0.232. The summed E-state index contributed by atoms with van der Waals surface area (Å²) >= 11 is 3.52. The van der Waals surface area contributed by atoms with Gasteiger partial charge in [0, 0.05) is 6.08 Å². The highest BCUT2D eigenvalue weighted by Gasteiger charge is 2.09. The molecule has 0 aromatic heterocycles. The third-order valence-corrected chi connectivity index (χ3v) is 5.57. The molecule has 5 nitrogen and oxygen atoms in total. The Morgan fingerprint density at radius 1 is 0.806 bits per heavy atom. The Morgan fingerprint density at radius 3 is 2.29 bits per heavy atom. The quantitative estimate of drug-likeness (QED) is 0.316. The van der Waals surface area contributed by atoms with E-state index in [2.05, 4.69) is 26.8 Å². The van der Waals surface area contributed by atoms with E-state index in [0.29, 0.717) is 5.75 Å². The Kier molecular flexibility index (Phi) is 6.29. The molecule has 0 aliphatic carbocycles. The number of carbonyl (C=O) groups is 2. The second-order valence-electron chi connectivity index (χ2n) is 6.83. The van der Waals surface area contributed by atoms with Gasteiger partial charge in [0.15, 0.2) is 6.61 Å². The molecule has 31 heavy (non-hydrogen) atoms. The molecule has 0 radical (unpaired) electrons. The fourth-order valence-corrected chi connectivity index (χ4v) is 3.85. The number of hydrogen-bond donors (Lipinski definition) is 2. The lowest BCUT2D eigenvalue weighted by Crippen LogP contribution is -2.43. The average molecular weight is 475 g/mol. The molecule has 0 aliphatic heterocycles. The van der Waals surface area contributed by atoms with E-state index in [4.69, 9.17) is 4.74 Å². The van der Waals surface area contributed by atoms with Gasteiger partial charge in [-0.25, -0.2) is 0 Å². The third-order valence-electron chi connectivity index (χ3n) is 4.75. The highest BCUT2D eigenvalue weighted by molar-refractivity contribution is 9.10. The van der Waals surface area contributed by atoms with Crippen LogP contribution in [0.25, 0.3) is 27.6 Å². The minimum Gasteiger partial charge on any atom is -0.483 e. The molecule has 0 spiro atoms. The van der Waals surface area contributed by atoms with Crippen LogP contribution in [0.15, 0.2) is 89.4 Å². The zero-order valence-electron chi connectivity index (χ0n) is 16.5. The Labute approximate surface area is 187 Å². The number of carbonyl (C=O) groups excluding carboxylic acids is 2. The van der Waals surface area contributed by atoms with Gasteiger partial charge in [-0.15, -0.1) is 0 Å². The number of fused-ring (bicyclic) bond motifs is 2. The summed E-state index contributed by atoms with van der Waals surface area (Å²) in [5, 5.41) is 4.20. The molecule has 0 unspecified atom stereocenters. The van der Waals surface area contributed by atoms with Gasteiger partial charge < -0.3 is 4.74 Å². The zero-order valence-corrected chi connectivity index (χ0v) is 18.1. The monoisotopic (exact) mass is 474 g/mol. The molecule has 0 heterocycles. The van der Waals surface area contributed by atoms with E-state index in [1.165, 1.54) is 6.08 Å². The Hall–Kier alpha value is -3.64. The molecule has 0 saturated carbocycles. The Bertz CT molecular complexity index is 1300. The van der Waals surface area contributed by atoms with Crippen LogP contribution in [0.3, 0.4) is 0 Å². The number of hydrazine groups is 1. The average Bonchev–Trinajstić information content (AvgIpc) is 2.81. The van der Waals surface area contributed by atoms with E-state index in [9.17, 15) is 9.59 Å². The summed E-state index contributed by atoms with van der Waals surface area (Å²) in [5.41, 5.74) is 5.64. The number of nitrogens with one attached hydrogen (secondary N) is 2. The first-order chi connectivity index (χ1) is 15.1. The van der Waals surface area contributed by atoms with Crippen molar-refractivity contribution < 1.29 is 14.3 Å². The third kappa shape index (κ3) is 4.92. The van der Waals surface area contributed by atoms with Crippen molar-refractivity contribution in [1.29, 1.82) is 0 Å². The molecule has 0 fully saturated rings. The van der Waals surface area contributed by atoms with Crippen molar-refractivity contribution in [2.45, 2.75) is 0 Å². The molecule has 154 valence electrons. The number of amides is 2. The van der Waals surface area contributed by atoms with Crippen molar-refractivity contribution in [3.63, 3.8) is 0 Å². The van der Waals surface area contributed by atoms with Gasteiger partial charge in [-0.05, 0) is 55.2 Å².